The first kappa shape index (κ1) is 13.3. The van der Waals surface area contributed by atoms with Gasteiger partial charge < -0.3 is 10.0 Å². The van der Waals surface area contributed by atoms with Crippen LogP contribution in [0.2, 0.25) is 0 Å². The minimum Gasteiger partial charge on any atom is -0.479 e. The highest BCUT2D eigenvalue weighted by molar-refractivity contribution is 9.10. The Hall–Kier alpha value is -1.10. The molecule has 3 nitrogen and oxygen atoms in total. The van der Waals surface area contributed by atoms with Gasteiger partial charge in [-0.2, -0.15) is 0 Å². The predicted molar refractivity (Wildman–Crippen MR) is 71.7 cm³/mol. The van der Waals surface area contributed by atoms with Crippen LogP contribution in [-0.4, -0.2) is 29.8 Å². The molecule has 0 saturated carbocycles. The van der Waals surface area contributed by atoms with Crippen molar-refractivity contribution < 1.29 is 14.3 Å². The van der Waals surface area contributed by atoms with E-state index in [2.05, 4.69) is 15.9 Å². The van der Waals surface area contributed by atoms with E-state index in [-0.39, 0.29) is 12.8 Å². The maximum atomic E-state index is 14.1. The second-order valence-electron chi connectivity index (χ2n) is 4.59. The third-order valence-corrected chi connectivity index (χ3v) is 3.83. The number of rotatable bonds is 2. The maximum absolute atomic E-state index is 14.1. The van der Waals surface area contributed by atoms with E-state index in [1.165, 1.54) is 0 Å². The van der Waals surface area contributed by atoms with Crippen LogP contribution in [0.1, 0.15) is 19.3 Å². The van der Waals surface area contributed by atoms with Gasteiger partial charge in [0.15, 0.2) is 0 Å². The van der Waals surface area contributed by atoms with E-state index < -0.39 is 11.6 Å². The molecule has 98 valence electrons. The molecule has 1 aliphatic rings. The van der Waals surface area contributed by atoms with Crippen molar-refractivity contribution in [3.05, 3.63) is 28.7 Å². The summed E-state index contributed by atoms with van der Waals surface area (Å²) in [5.74, 6) is -1.33. The van der Waals surface area contributed by atoms with Crippen molar-refractivity contribution in [1.82, 2.24) is 0 Å². The zero-order valence-electron chi connectivity index (χ0n) is 9.90. The Morgan fingerprint density at radius 3 is 2.83 bits per heavy atom. The quantitative estimate of drug-likeness (QED) is 0.911. The molecule has 1 aromatic rings. The average Bonchev–Trinajstić information content (AvgIpc) is 2.52. The monoisotopic (exact) mass is 315 g/mol. The number of hydrogen-bond donors (Lipinski definition) is 1. The van der Waals surface area contributed by atoms with Gasteiger partial charge in [-0.3, -0.25) is 0 Å². The predicted octanol–water partition coefficient (Wildman–Crippen LogP) is 3.23. The first-order valence-corrected chi connectivity index (χ1v) is 6.73. The van der Waals surface area contributed by atoms with Gasteiger partial charge in [-0.15, -0.1) is 0 Å². The van der Waals surface area contributed by atoms with E-state index in [1.807, 2.05) is 29.2 Å². The molecule has 0 amide bonds. The van der Waals surface area contributed by atoms with Crippen LogP contribution >= 0.6 is 15.9 Å². The minimum atomic E-state index is -2.07. The smallest absolute Gasteiger partial charge is 0.341 e. The van der Waals surface area contributed by atoms with E-state index >= 15 is 0 Å². The van der Waals surface area contributed by atoms with Crippen LogP contribution in [0.5, 0.6) is 0 Å². The van der Waals surface area contributed by atoms with E-state index in [0.29, 0.717) is 19.5 Å². The van der Waals surface area contributed by atoms with Crippen molar-refractivity contribution in [1.29, 1.82) is 0 Å². The highest BCUT2D eigenvalue weighted by Gasteiger charge is 2.40. The van der Waals surface area contributed by atoms with E-state index in [1.54, 1.807) is 0 Å². The molecule has 0 spiro atoms. The zero-order chi connectivity index (χ0) is 13.2. The number of anilines is 1. The van der Waals surface area contributed by atoms with Crippen molar-refractivity contribution >= 4 is 27.6 Å². The summed E-state index contributed by atoms with van der Waals surface area (Å²) in [6, 6.07) is 7.77. The van der Waals surface area contributed by atoms with Crippen LogP contribution in [0.4, 0.5) is 10.1 Å². The Labute approximate surface area is 114 Å². The number of hydrogen-bond acceptors (Lipinski definition) is 2. The third kappa shape index (κ3) is 2.83. The molecule has 1 saturated heterocycles. The Balaban J connectivity index is 2.12. The Morgan fingerprint density at radius 2 is 2.17 bits per heavy atom. The number of benzene rings is 1. The van der Waals surface area contributed by atoms with Gasteiger partial charge in [-0.1, -0.05) is 22.0 Å². The molecule has 0 aromatic heterocycles. The van der Waals surface area contributed by atoms with Gasteiger partial charge in [0.1, 0.15) is 0 Å². The molecule has 1 heterocycles. The van der Waals surface area contributed by atoms with Crippen LogP contribution in [-0.2, 0) is 4.79 Å². The van der Waals surface area contributed by atoms with Crippen molar-refractivity contribution in [2.75, 3.05) is 18.0 Å². The maximum Gasteiger partial charge on any atom is 0.341 e. The standard InChI is InChI=1S/C13H15BrFNO2/c14-10-3-1-4-11(9-10)16-7-2-5-13(15,6-8-16)12(17)18/h1,3-4,9H,2,5-8H2,(H,17,18). The van der Waals surface area contributed by atoms with Crippen molar-refractivity contribution in [3.63, 3.8) is 0 Å². The number of halogens is 2. The summed E-state index contributed by atoms with van der Waals surface area (Å²) >= 11 is 3.40. The fourth-order valence-electron chi connectivity index (χ4n) is 2.24. The van der Waals surface area contributed by atoms with E-state index in [4.69, 9.17) is 5.11 Å². The highest BCUT2D eigenvalue weighted by atomic mass is 79.9. The number of nitrogens with zero attached hydrogens (tertiary/aromatic N) is 1. The summed E-state index contributed by atoms with van der Waals surface area (Å²) in [6.45, 7) is 1.12. The van der Waals surface area contributed by atoms with Crippen LogP contribution in [0.3, 0.4) is 0 Å². The summed E-state index contributed by atoms with van der Waals surface area (Å²) in [4.78, 5) is 13.0. The van der Waals surface area contributed by atoms with Crippen LogP contribution in [0.15, 0.2) is 28.7 Å². The Kier molecular flexibility index (Phi) is 3.90. The van der Waals surface area contributed by atoms with E-state index in [9.17, 15) is 9.18 Å². The van der Waals surface area contributed by atoms with Gasteiger partial charge in [-0.25, -0.2) is 9.18 Å². The topological polar surface area (TPSA) is 40.5 Å². The Morgan fingerprint density at radius 1 is 1.39 bits per heavy atom. The lowest BCUT2D eigenvalue weighted by Crippen LogP contribution is -2.35. The molecule has 2 rings (SSSR count). The molecule has 1 unspecified atom stereocenters. The Bertz CT molecular complexity index is 454. The summed E-state index contributed by atoms with van der Waals surface area (Å²) in [7, 11) is 0. The van der Waals surface area contributed by atoms with Gasteiger partial charge in [0.2, 0.25) is 5.67 Å². The summed E-state index contributed by atoms with van der Waals surface area (Å²) < 4.78 is 15.1. The normalized spacial score (nSPS) is 24.7. The third-order valence-electron chi connectivity index (χ3n) is 3.34. The molecule has 1 fully saturated rings. The molecule has 1 aromatic carbocycles. The number of carbonyl (C=O) groups is 1. The van der Waals surface area contributed by atoms with Gasteiger partial charge in [0.25, 0.3) is 0 Å². The molecule has 0 bridgehead atoms. The minimum absolute atomic E-state index is 0.0366. The van der Waals surface area contributed by atoms with Gasteiger partial charge >= 0.3 is 5.97 Å². The molecular weight excluding hydrogens is 301 g/mol. The van der Waals surface area contributed by atoms with Crippen molar-refractivity contribution in [2.45, 2.75) is 24.9 Å². The summed E-state index contributed by atoms with van der Waals surface area (Å²) in [6.07, 6.45) is 0.678. The lowest BCUT2D eigenvalue weighted by molar-refractivity contribution is -0.151. The fraction of sp³-hybridized carbons (Fsp3) is 0.462. The number of alkyl halides is 1. The second kappa shape index (κ2) is 5.26. The average molecular weight is 316 g/mol. The van der Waals surface area contributed by atoms with Crippen molar-refractivity contribution in [2.24, 2.45) is 0 Å². The molecule has 0 radical (unpaired) electrons. The van der Waals surface area contributed by atoms with Crippen LogP contribution in [0.25, 0.3) is 0 Å². The van der Waals surface area contributed by atoms with E-state index in [0.717, 1.165) is 10.2 Å². The lowest BCUT2D eigenvalue weighted by Gasteiger charge is -2.23. The highest BCUT2D eigenvalue weighted by Crippen LogP contribution is 2.30. The molecule has 1 aliphatic heterocycles. The molecule has 1 atom stereocenters. The van der Waals surface area contributed by atoms with Gasteiger partial charge in [-0.05, 0) is 31.0 Å². The van der Waals surface area contributed by atoms with Crippen LogP contribution < -0.4 is 4.90 Å². The molecule has 5 heteroatoms. The second-order valence-corrected chi connectivity index (χ2v) is 5.51. The first-order valence-electron chi connectivity index (χ1n) is 5.94. The summed E-state index contributed by atoms with van der Waals surface area (Å²) in [5, 5.41) is 8.92. The van der Waals surface area contributed by atoms with Gasteiger partial charge in [0, 0.05) is 29.7 Å². The molecule has 18 heavy (non-hydrogen) atoms. The van der Waals surface area contributed by atoms with Crippen LogP contribution in [0, 0.1) is 0 Å². The molecular formula is C13H15BrFNO2. The zero-order valence-corrected chi connectivity index (χ0v) is 11.5. The number of carboxylic acids is 1. The van der Waals surface area contributed by atoms with Gasteiger partial charge in [0.05, 0.1) is 0 Å². The molecule has 1 N–H and O–H groups in total. The molecule has 0 aliphatic carbocycles. The summed E-state index contributed by atoms with van der Waals surface area (Å²) in [5.41, 5.74) is -1.07. The largest absolute Gasteiger partial charge is 0.479 e. The lowest BCUT2D eigenvalue weighted by atomic mass is 9.97. The van der Waals surface area contributed by atoms with Crippen molar-refractivity contribution in [3.8, 4) is 0 Å². The fourth-order valence-corrected chi connectivity index (χ4v) is 2.63. The first-order chi connectivity index (χ1) is 8.51. The SMILES string of the molecule is O=C(O)C1(F)CCCN(c2cccc(Br)c2)CC1. The number of aliphatic carboxylic acids is 1. The number of carboxylic acid groups (broad SMARTS) is 1.